The first kappa shape index (κ1) is 23.3. The molecule has 0 unspecified atom stereocenters. The Morgan fingerprint density at radius 1 is 0.781 bits per heavy atom. The normalized spacial score (nSPS) is 11.6. The Morgan fingerprint density at radius 2 is 1.34 bits per heavy atom. The van der Waals surface area contributed by atoms with Crippen LogP contribution in [0.25, 0.3) is 0 Å². The fourth-order valence-electron chi connectivity index (χ4n) is 3.84. The van der Waals surface area contributed by atoms with E-state index in [-0.39, 0.29) is 11.8 Å². The van der Waals surface area contributed by atoms with Gasteiger partial charge in [-0.05, 0) is 35.1 Å². The van der Waals surface area contributed by atoms with E-state index in [9.17, 15) is 9.59 Å². The lowest BCUT2D eigenvalue weighted by Crippen LogP contribution is -2.49. The molecule has 4 nitrogen and oxygen atoms in total. The number of likely N-dealkylation sites (N-methyl/N-ethyl adjacent to an activating group) is 1. The lowest BCUT2D eigenvalue weighted by Gasteiger charge is -2.31. The monoisotopic (exact) mass is 428 g/mol. The van der Waals surface area contributed by atoms with E-state index in [0.717, 1.165) is 23.1 Å². The average Bonchev–Trinajstić information content (AvgIpc) is 2.85. The Morgan fingerprint density at radius 3 is 1.91 bits per heavy atom. The van der Waals surface area contributed by atoms with Crippen LogP contribution in [-0.4, -0.2) is 29.8 Å². The van der Waals surface area contributed by atoms with Crippen LogP contribution < -0.4 is 5.32 Å². The van der Waals surface area contributed by atoms with Crippen LogP contribution in [0, 0.1) is 0 Å². The number of rotatable bonds is 10. The van der Waals surface area contributed by atoms with E-state index in [4.69, 9.17) is 0 Å². The van der Waals surface area contributed by atoms with E-state index < -0.39 is 6.04 Å². The summed E-state index contributed by atoms with van der Waals surface area (Å²) in [5, 5.41) is 2.76. The Labute approximate surface area is 191 Å². The van der Waals surface area contributed by atoms with Gasteiger partial charge in [0.05, 0.1) is 0 Å². The largest absolute Gasteiger partial charge is 0.357 e. The summed E-state index contributed by atoms with van der Waals surface area (Å²) in [6.45, 7) is 2.53. The van der Waals surface area contributed by atoms with Crippen molar-refractivity contribution in [1.29, 1.82) is 0 Å². The highest BCUT2D eigenvalue weighted by molar-refractivity contribution is 5.88. The van der Waals surface area contributed by atoms with Gasteiger partial charge < -0.3 is 10.2 Å². The molecule has 0 fully saturated rings. The lowest BCUT2D eigenvalue weighted by molar-refractivity contribution is -0.141. The molecule has 0 radical (unpaired) electrons. The molecule has 32 heavy (non-hydrogen) atoms. The van der Waals surface area contributed by atoms with Crippen molar-refractivity contribution in [2.75, 3.05) is 7.05 Å². The standard InChI is InChI=1S/C28H32N2O2/c1-3-22-14-16-23(17-15-22)18-19-27(31)30(21-25-12-8-5-9-13-25)26(28(32)29-2)20-24-10-6-4-7-11-24/h4-17,26H,3,18-21H2,1-2H3,(H,29,32)/t26-/m0/s1. The van der Waals surface area contributed by atoms with Gasteiger partial charge in [0.25, 0.3) is 0 Å². The van der Waals surface area contributed by atoms with Crippen LogP contribution in [0.15, 0.2) is 84.9 Å². The summed E-state index contributed by atoms with van der Waals surface area (Å²) in [6.07, 6.45) is 2.49. The number of benzene rings is 3. The molecular weight excluding hydrogens is 396 g/mol. The van der Waals surface area contributed by atoms with Crippen LogP contribution >= 0.6 is 0 Å². The number of nitrogens with zero attached hydrogens (tertiary/aromatic N) is 1. The van der Waals surface area contributed by atoms with Gasteiger partial charge >= 0.3 is 0 Å². The van der Waals surface area contributed by atoms with Gasteiger partial charge in [0.2, 0.25) is 11.8 Å². The van der Waals surface area contributed by atoms with E-state index in [0.29, 0.717) is 25.8 Å². The van der Waals surface area contributed by atoms with Gasteiger partial charge in [0, 0.05) is 26.4 Å². The number of amides is 2. The van der Waals surface area contributed by atoms with Crippen LogP contribution in [0.2, 0.25) is 0 Å². The third kappa shape index (κ3) is 6.55. The molecule has 0 spiro atoms. The molecule has 0 saturated heterocycles. The van der Waals surface area contributed by atoms with Gasteiger partial charge in [-0.15, -0.1) is 0 Å². The van der Waals surface area contributed by atoms with Crippen molar-refractivity contribution in [2.24, 2.45) is 0 Å². The van der Waals surface area contributed by atoms with Crippen LogP contribution in [0.4, 0.5) is 0 Å². The summed E-state index contributed by atoms with van der Waals surface area (Å²) in [5.74, 6) is -0.164. The second-order valence-electron chi connectivity index (χ2n) is 8.00. The molecule has 1 N–H and O–H groups in total. The van der Waals surface area contributed by atoms with E-state index >= 15 is 0 Å². The van der Waals surface area contributed by atoms with Crippen molar-refractivity contribution in [3.05, 3.63) is 107 Å². The van der Waals surface area contributed by atoms with Crippen LogP contribution in [-0.2, 0) is 35.4 Å². The smallest absolute Gasteiger partial charge is 0.242 e. The molecule has 2 amide bonds. The SMILES string of the molecule is CCc1ccc(CCC(=O)N(Cc2ccccc2)[C@@H](Cc2ccccc2)C(=O)NC)cc1. The topological polar surface area (TPSA) is 49.4 Å². The van der Waals surface area contributed by atoms with Crippen molar-refractivity contribution in [1.82, 2.24) is 10.2 Å². The Kier molecular flexibility index (Phi) is 8.61. The highest BCUT2D eigenvalue weighted by Crippen LogP contribution is 2.17. The maximum absolute atomic E-state index is 13.4. The van der Waals surface area contributed by atoms with E-state index in [2.05, 4.69) is 36.5 Å². The summed E-state index contributed by atoms with van der Waals surface area (Å²) >= 11 is 0. The molecule has 0 aliphatic carbocycles. The predicted molar refractivity (Wildman–Crippen MR) is 129 cm³/mol. The number of hydrogen-bond acceptors (Lipinski definition) is 2. The number of hydrogen-bond donors (Lipinski definition) is 1. The highest BCUT2D eigenvalue weighted by atomic mass is 16.2. The zero-order valence-electron chi connectivity index (χ0n) is 19.0. The van der Waals surface area contributed by atoms with Gasteiger partial charge in [-0.2, -0.15) is 0 Å². The number of carbonyl (C=O) groups excluding carboxylic acids is 2. The molecule has 0 aromatic heterocycles. The molecule has 4 heteroatoms. The Balaban J connectivity index is 1.82. The van der Waals surface area contributed by atoms with Gasteiger partial charge in [-0.3, -0.25) is 9.59 Å². The molecule has 0 heterocycles. The minimum atomic E-state index is -0.572. The number of aryl methyl sites for hydroxylation is 2. The van der Waals surface area contributed by atoms with Crippen molar-refractivity contribution in [3.63, 3.8) is 0 Å². The van der Waals surface area contributed by atoms with Crippen molar-refractivity contribution in [3.8, 4) is 0 Å². The van der Waals surface area contributed by atoms with Crippen molar-refractivity contribution in [2.45, 2.75) is 45.2 Å². The summed E-state index contributed by atoms with van der Waals surface area (Å²) in [4.78, 5) is 28.1. The van der Waals surface area contributed by atoms with E-state index in [1.54, 1.807) is 11.9 Å². The third-order valence-corrected chi connectivity index (χ3v) is 5.77. The lowest BCUT2D eigenvalue weighted by atomic mass is 10.0. The van der Waals surface area contributed by atoms with Crippen molar-refractivity contribution >= 4 is 11.8 Å². The van der Waals surface area contributed by atoms with Gasteiger partial charge in [0.15, 0.2) is 0 Å². The molecule has 166 valence electrons. The maximum atomic E-state index is 13.4. The van der Waals surface area contributed by atoms with Crippen LogP contribution in [0.5, 0.6) is 0 Å². The van der Waals surface area contributed by atoms with Crippen molar-refractivity contribution < 1.29 is 9.59 Å². The summed E-state index contributed by atoms with van der Waals surface area (Å²) in [7, 11) is 1.63. The maximum Gasteiger partial charge on any atom is 0.242 e. The second kappa shape index (κ2) is 11.8. The first-order chi connectivity index (χ1) is 15.6. The molecular formula is C28H32N2O2. The minimum Gasteiger partial charge on any atom is -0.357 e. The van der Waals surface area contributed by atoms with Gasteiger partial charge in [-0.1, -0.05) is 91.9 Å². The zero-order chi connectivity index (χ0) is 22.8. The summed E-state index contributed by atoms with van der Waals surface area (Å²) in [5.41, 5.74) is 4.46. The highest BCUT2D eigenvalue weighted by Gasteiger charge is 2.29. The Bertz CT molecular complexity index is 985. The van der Waals surface area contributed by atoms with Crippen LogP contribution in [0.1, 0.15) is 35.6 Å². The Hall–Kier alpha value is -3.40. The molecule has 0 aliphatic heterocycles. The fraction of sp³-hybridized carbons (Fsp3) is 0.286. The first-order valence-electron chi connectivity index (χ1n) is 11.3. The number of nitrogens with one attached hydrogen (secondary N) is 1. The predicted octanol–water partition coefficient (Wildman–Crippen LogP) is 4.57. The van der Waals surface area contributed by atoms with Gasteiger partial charge in [-0.25, -0.2) is 0 Å². The molecule has 3 rings (SSSR count). The summed E-state index contributed by atoms with van der Waals surface area (Å²) in [6, 6.07) is 27.6. The molecule has 0 bridgehead atoms. The fourth-order valence-corrected chi connectivity index (χ4v) is 3.84. The second-order valence-corrected chi connectivity index (χ2v) is 8.00. The molecule has 1 atom stereocenters. The molecule has 3 aromatic rings. The van der Waals surface area contributed by atoms with Gasteiger partial charge in [0.1, 0.15) is 6.04 Å². The first-order valence-corrected chi connectivity index (χ1v) is 11.3. The quantitative estimate of drug-likeness (QED) is 0.514. The van der Waals surface area contributed by atoms with E-state index in [1.807, 2.05) is 60.7 Å². The molecule has 0 aliphatic rings. The summed E-state index contributed by atoms with van der Waals surface area (Å²) < 4.78 is 0. The molecule has 0 saturated carbocycles. The molecule has 3 aromatic carbocycles. The van der Waals surface area contributed by atoms with Crippen LogP contribution in [0.3, 0.4) is 0 Å². The number of carbonyl (C=O) groups is 2. The third-order valence-electron chi connectivity index (χ3n) is 5.77. The average molecular weight is 429 g/mol. The zero-order valence-corrected chi connectivity index (χ0v) is 19.0. The van der Waals surface area contributed by atoms with E-state index in [1.165, 1.54) is 5.56 Å². The minimum absolute atomic E-state index is 0.0158.